The molecule has 0 saturated carbocycles. The number of hydrogen-bond donors (Lipinski definition) is 1. The van der Waals surface area contributed by atoms with Gasteiger partial charge in [-0.05, 0) is 0 Å². The first-order chi connectivity index (χ1) is 7.18. The van der Waals surface area contributed by atoms with Gasteiger partial charge in [-0.15, -0.1) is 0 Å². The van der Waals surface area contributed by atoms with Crippen LogP contribution in [0.2, 0.25) is 0 Å². The van der Waals surface area contributed by atoms with Crippen molar-refractivity contribution in [1.29, 1.82) is 0 Å². The molecule has 6 nitrogen and oxygen atoms in total. The Morgan fingerprint density at radius 3 is 3.13 bits per heavy atom. The molecule has 1 aliphatic rings. The smallest absolute Gasteiger partial charge is 0.359 e. The highest BCUT2D eigenvalue weighted by atomic mass is 16.6. The molecule has 0 radical (unpaired) electrons. The van der Waals surface area contributed by atoms with Crippen molar-refractivity contribution < 1.29 is 14.3 Å². The van der Waals surface area contributed by atoms with Crippen molar-refractivity contribution in [3.05, 3.63) is 11.9 Å². The van der Waals surface area contributed by atoms with Crippen LogP contribution in [0.25, 0.3) is 0 Å². The van der Waals surface area contributed by atoms with Crippen LogP contribution >= 0.6 is 0 Å². The van der Waals surface area contributed by atoms with Gasteiger partial charge in [0.25, 0.3) is 0 Å². The van der Waals surface area contributed by atoms with Crippen LogP contribution in [0.4, 0.5) is 5.69 Å². The van der Waals surface area contributed by atoms with Gasteiger partial charge in [-0.3, -0.25) is 4.68 Å². The number of ether oxygens (including phenoxy) is 2. The molecule has 2 heterocycles. The molecule has 1 atom stereocenters. The molecule has 0 aromatic carbocycles. The fourth-order valence-corrected chi connectivity index (χ4v) is 1.52. The SMILES string of the molecule is Cn1ncc(N)c1C(=O)OC1CCOC1. The molecule has 0 amide bonds. The second kappa shape index (κ2) is 3.90. The molecule has 6 heteroatoms. The molecule has 15 heavy (non-hydrogen) atoms. The van der Waals surface area contributed by atoms with Gasteiger partial charge in [0.1, 0.15) is 6.10 Å². The number of nitrogen functional groups attached to an aromatic ring is 1. The summed E-state index contributed by atoms with van der Waals surface area (Å²) in [6.45, 7) is 1.10. The van der Waals surface area contributed by atoms with E-state index >= 15 is 0 Å². The van der Waals surface area contributed by atoms with Gasteiger partial charge in [-0.1, -0.05) is 0 Å². The Bertz CT molecular complexity index is 349. The van der Waals surface area contributed by atoms with E-state index in [2.05, 4.69) is 5.10 Å². The molecule has 2 N–H and O–H groups in total. The minimum atomic E-state index is -0.442. The maximum absolute atomic E-state index is 11.7. The molecule has 1 aromatic rings. The van der Waals surface area contributed by atoms with Gasteiger partial charge >= 0.3 is 5.97 Å². The van der Waals surface area contributed by atoms with Crippen LogP contribution in [0.3, 0.4) is 0 Å². The summed E-state index contributed by atoms with van der Waals surface area (Å²) >= 11 is 0. The van der Waals surface area contributed by atoms with E-state index in [1.165, 1.54) is 10.9 Å². The topological polar surface area (TPSA) is 79.4 Å². The van der Waals surface area contributed by atoms with Gasteiger partial charge in [0.15, 0.2) is 5.69 Å². The zero-order valence-electron chi connectivity index (χ0n) is 8.47. The van der Waals surface area contributed by atoms with E-state index in [0.717, 1.165) is 6.42 Å². The van der Waals surface area contributed by atoms with Crippen molar-refractivity contribution >= 4 is 11.7 Å². The lowest BCUT2D eigenvalue weighted by molar-refractivity contribution is 0.0260. The Balaban J connectivity index is 2.07. The lowest BCUT2D eigenvalue weighted by Crippen LogP contribution is -2.21. The number of esters is 1. The summed E-state index contributed by atoms with van der Waals surface area (Å²) in [5.74, 6) is -0.442. The molecule has 1 saturated heterocycles. The number of carbonyl (C=O) groups is 1. The first-order valence-corrected chi connectivity index (χ1v) is 4.74. The number of aromatic nitrogens is 2. The van der Waals surface area contributed by atoms with E-state index in [0.29, 0.717) is 24.6 Å². The summed E-state index contributed by atoms with van der Waals surface area (Å²) in [7, 11) is 1.65. The van der Waals surface area contributed by atoms with Crippen LogP contribution in [0.15, 0.2) is 6.20 Å². The summed E-state index contributed by atoms with van der Waals surface area (Å²) in [4.78, 5) is 11.7. The lowest BCUT2D eigenvalue weighted by atomic mass is 10.3. The highest BCUT2D eigenvalue weighted by molar-refractivity contribution is 5.93. The number of rotatable bonds is 2. The Morgan fingerprint density at radius 1 is 1.80 bits per heavy atom. The highest BCUT2D eigenvalue weighted by Crippen LogP contribution is 2.15. The predicted molar refractivity (Wildman–Crippen MR) is 52.3 cm³/mol. The normalized spacial score (nSPS) is 20.5. The van der Waals surface area contributed by atoms with Gasteiger partial charge in [0, 0.05) is 13.5 Å². The molecule has 1 aromatic heterocycles. The zero-order valence-corrected chi connectivity index (χ0v) is 8.47. The molecule has 1 aliphatic heterocycles. The molecular formula is C9H13N3O3. The third-order valence-corrected chi connectivity index (χ3v) is 2.32. The van der Waals surface area contributed by atoms with E-state index in [9.17, 15) is 4.79 Å². The summed E-state index contributed by atoms with van der Waals surface area (Å²) in [5, 5.41) is 3.87. The number of nitrogens with zero attached hydrogens (tertiary/aromatic N) is 2. The Kier molecular flexibility index (Phi) is 2.59. The second-order valence-electron chi connectivity index (χ2n) is 3.46. The number of aryl methyl sites for hydroxylation is 1. The quantitative estimate of drug-likeness (QED) is 0.694. The number of hydrogen-bond acceptors (Lipinski definition) is 5. The molecule has 0 spiro atoms. The van der Waals surface area contributed by atoms with Crippen molar-refractivity contribution in [2.75, 3.05) is 18.9 Å². The molecule has 1 fully saturated rings. The van der Waals surface area contributed by atoms with Gasteiger partial charge in [0.05, 0.1) is 25.1 Å². The van der Waals surface area contributed by atoms with Crippen LogP contribution in [0.5, 0.6) is 0 Å². The molecule has 1 unspecified atom stereocenters. The monoisotopic (exact) mass is 211 g/mol. The Hall–Kier alpha value is -1.56. The van der Waals surface area contributed by atoms with Crippen LogP contribution in [0, 0.1) is 0 Å². The van der Waals surface area contributed by atoms with Gasteiger partial charge < -0.3 is 15.2 Å². The molecular weight excluding hydrogens is 198 g/mol. The first-order valence-electron chi connectivity index (χ1n) is 4.74. The second-order valence-corrected chi connectivity index (χ2v) is 3.46. The fraction of sp³-hybridized carbons (Fsp3) is 0.556. The van der Waals surface area contributed by atoms with Gasteiger partial charge in [-0.25, -0.2) is 4.79 Å². The predicted octanol–water partition coefficient (Wildman–Crippen LogP) is -0.0520. The first kappa shape index (κ1) is 9.97. The summed E-state index contributed by atoms with van der Waals surface area (Å²) in [6.07, 6.45) is 2.01. The minimum absolute atomic E-state index is 0.160. The van der Waals surface area contributed by atoms with E-state index in [-0.39, 0.29) is 6.10 Å². The van der Waals surface area contributed by atoms with Crippen molar-refractivity contribution in [2.24, 2.45) is 7.05 Å². The third-order valence-electron chi connectivity index (χ3n) is 2.32. The van der Waals surface area contributed by atoms with Crippen LogP contribution in [0.1, 0.15) is 16.9 Å². The van der Waals surface area contributed by atoms with E-state index in [1.54, 1.807) is 7.05 Å². The summed E-state index contributed by atoms with van der Waals surface area (Å²) in [6, 6.07) is 0. The third kappa shape index (κ3) is 1.94. The lowest BCUT2D eigenvalue weighted by Gasteiger charge is -2.10. The van der Waals surface area contributed by atoms with Crippen LogP contribution in [-0.2, 0) is 16.5 Å². The fourth-order valence-electron chi connectivity index (χ4n) is 1.52. The molecule has 2 rings (SSSR count). The van der Waals surface area contributed by atoms with Crippen molar-refractivity contribution in [1.82, 2.24) is 9.78 Å². The van der Waals surface area contributed by atoms with E-state index in [1.807, 2.05) is 0 Å². The molecule has 0 aliphatic carbocycles. The van der Waals surface area contributed by atoms with E-state index < -0.39 is 5.97 Å². The number of anilines is 1. The zero-order chi connectivity index (χ0) is 10.8. The number of nitrogens with two attached hydrogens (primary N) is 1. The standard InChI is InChI=1S/C9H13N3O3/c1-12-8(7(10)4-11-12)9(13)15-6-2-3-14-5-6/h4,6H,2-3,5,10H2,1H3. The highest BCUT2D eigenvalue weighted by Gasteiger charge is 2.23. The van der Waals surface area contributed by atoms with Crippen molar-refractivity contribution in [3.63, 3.8) is 0 Å². The Morgan fingerprint density at radius 2 is 2.60 bits per heavy atom. The van der Waals surface area contributed by atoms with Crippen LogP contribution < -0.4 is 5.73 Å². The number of carbonyl (C=O) groups excluding carboxylic acids is 1. The van der Waals surface area contributed by atoms with Gasteiger partial charge in [0.2, 0.25) is 0 Å². The largest absolute Gasteiger partial charge is 0.455 e. The summed E-state index contributed by atoms with van der Waals surface area (Å²) in [5.41, 5.74) is 6.23. The van der Waals surface area contributed by atoms with E-state index in [4.69, 9.17) is 15.2 Å². The maximum Gasteiger partial charge on any atom is 0.359 e. The summed E-state index contributed by atoms with van der Waals surface area (Å²) < 4.78 is 11.7. The van der Waals surface area contributed by atoms with Crippen LogP contribution in [-0.4, -0.2) is 35.1 Å². The maximum atomic E-state index is 11.7. The van der Waals surface area contributed by atoms with Crippen molar-refractivity contribution in [3.8, 4) is 0 Å². The minimum Gasteiger partial charge on any atom is -0.455 e. The average molecular weight is 211 g/mol. The Labute approximate surface area is 87.0 Å². The molecule has 82 valence electrons. The molecule has 0 bridgehead atoms. The average Bonchev–Trinajstić information content (AvgIpc) is 2.77. The van der Waals surface area contributed by atoms with Gasteiger partial charge in [-0.2, -0.15) is 5.10 Å². The van der Waals surface area contributed by atoms with Crippen molar-refractivity contribution in [2.45, 2.75) is 12.5 Å².